The third-order valence-electron chi connectivity index (χ3n) is 6.97. The lowest BCUT2D eigenvalue weighted by molar-refractivity contribution is -0.200. The topological polar surface area (TPSA) is 102 Å². The maximum absolute atomic E-state index is 12.1. The van der Waals surface area contributed by atoms with Crippen LogP contribution in [-0.4, -0.2) is 82.8 Å². The summed E-state index contributed by atoms with van der Waals surface area (Å²) in [5.74, 6) is 2.64. The van der Waals surface area contributed by atoms with E-state index in [1.807, 2.05) is 37.1 Å². The van der Waals surface area contributed by atoms with Gasteiger partial charge in [-0.3, -0.25) is 9.69 Å². The molecule has 0 saturated carbocycles. The maximum atomic E-state index is 12.1. The fourth-order valence-electron chi connectivity index (χ4n) is 4.58. The number of terminal acetylenes is 1. The highest BCUT2D eigenvalue weighted by Gasteiger charge is 2.44. The first kappa shape index (κ1) is 30.2. The summed E-state index contributed by atoms with van der Waals surface area (Å²) < 4.78 is 5.94. The van der Waals surface area contributed by atoms with Crippen LogP contribution in [0.2, 0.25) is 0 Å². The van der Waals surface area contributed by atoms with Gasteiger partial charge in [0, 0.05) is 19.5 Å². The fourth-order valence-corrected chi connectivity index (χ4v) is 5.25. The molecule has 7 nitrogen and oxygen atoms in total. The number of nitrogens with zero attached hydrogens (tertiary/aromatic N) is 1. The maximum Gasteiger partial charge on any atom is 0.220 e. The van der Waals surface area contributed by atoms with Crippen LogP contribution in [0.3, 0.4) is 0 Å². The summed E-state index contributed by atoms with van der Waals surface area (Å²) in [6, 6.07) is 14.4. The van der Waals surface area contributed by atoms with Crippen LogP contribution in [0.15, 0.2) is 42.5 Å². The number of aliphatic hydroxyl groups excluding tert-OH is 3. The van der Waals surface area contributed by atoms with Crippen LogP contribution < -0.4 is 5.32 Å². The van der Waals surface area contributed by atoms with Crippen molar-refractivity contribution in [3.8, 4) is 12.3 Å². The lowest BCUT2D eigenvalue weighted by Crippen LogP contribution is -2.52. The number of ether oxygens (including phenoxy) is 1. The van der Waals surface area contributed by atoms with Gasteiger partial charge < -0.3 is 25.4 Å². The van der Waals surface area contributed by atoms with Gasteiger partial charge in [0.2, 0.25) is 5.91 Å². The molecule has 1 amide bonds. The van der Waals surface area contributed by atoms with Crippen LogP contribution in [0, 0.1) is 19.3 Å². The van der Waals surface area contributed by atoms with E-state index < -0.39 is 29.9 Å². The van der Waals surface area contributed by atoms with Crippen LogP contribution in [0.5, 0.6) is 0 Å². The SMILES string of the molecule is C#CCN(C)CCNC(=O)CCCc1ccc(Cc2cc([C@@H]3O[C@H](SC)[C@@H](O)[C@H](O)[C@H]3O)ccc2C)cc1. The second-order valence-electron chi connectivity index (χ2n) is 9.96. The molecule has 0 spiro atoms. The second kappa shape index (κ2) is 14.7. The minimum Gasteiger partial charge on any atom is -0.387 e. The van der Waals surface area contributed by atoms with Crippen LogP contribution in [-0.2, 0) is 22.4 Å². The van der Waals surface area contributed by atoms with Gasteiger partial charge in [-0.05, 0) is 67.3 Å². The number of nitrogens with one attached hydrogen (secondary N) is 1. The number of amides is 1. The molecule has 206 valence electrons. The molecule has 4 N–H and O–H groups in total. The molecule has 0 aliphatic carbocycles. The molecule has 0 unspecified atom stereocenters. The highest BCUT2D eigenvalue weighted by atomic mass is 32.2. The van der Waals surface area contributed by atoms with Crippen molar-refractivity contribution in [2.24, 2.45) is 0 Å². The summed E-state index contributed by atoms with van der Waals surface area (Å²) >= 11 is 1.31. The normalized spacial score (nSPS) is 23.3. The van der Waals surface area contributed by atoms with Crippen molar-refractivity contribution in [3.05, 3.63) is 70.3 Å². The van der Waals surface area contributed by atoms with Gasteiger partial charge in [-0.1, -0.05) is 48.4 Å². The zero-order valence-corrected chi connectivity index (χ0v) is 23.3. The molecule has 5 atom stereocenters. The molecule has 1 fully saturated rings. The third-order valence-corrected chi connectivity index (χ3v) is 7.82. The van der Waals surface area contributed by atoms with Crippen LogP contribution in [0.25, 0.3) is 0 Å². The molecule has 0 radical (unpaired) electrons. The minimum atomic E-state index is -1.27. The Balaban J connectivity index is 1.53. The molecule has 2 aromatic rings. The van der Waals surface area contributed by atoms with E-state index in [4.69, 9.17) is 11.2 Å². The molecule has 8 heteroatoms. The monoisotopic (exact) mass is 540 g/mol. The minimum absolute atomic E-state index is 0.0593. The molecule has 2 aromatic carbocycles. The number of rotatable bonds is 12. The van der Waals surface area contributed by atoms with Crippen LogP contribution >= 0.6 is 11.8 Å². The highest BCUT2D eigenvalue weighted by Crippen LogP contribution is 2.36. The summed E-state index contributed by atoms with van der Waals surface area (Å²) in [4.78, 5) is 14.1. The quantitative estimate of drug-likeness (QED) is 0.307. The predicted molar refractivity (Wildman–Crippen MR) is 152 cm³/mol. The molecule has 1 saturated heterocycles. The Kier molecular flexibility index (Phi) is 11.7. The Hall–Kier alpha value is -2.38. The summed E-state index contributed by atoms with van der Waals surface area (Å²) in [5, 5.41) is 34.0. The van der Waals surface area contributed by atoms with Gasteiger partial charge in [0.1, 0.15) is 29.9 Å². The number of likely N-dealkylation sites (N-methyl/N-ethyl adjacent to an activating group) is 1. The number of carbonyl (C=O) groups excluding carboxylic acids is 1. The molecule has 38 heavy (non-hydrogen) atoms. The Bertz CT molecular complexity index is 1090. The first-order chi connectivity index (χ1) is 18.2. The zero-order valence-electron chi connectivity index (χ0n) is 22.5. The zero-order chi connectivity index (χ0) is 27.7. The number of benzene rings is 2. The lowest BCUT2D eigenvalue weighted by Gasteiger charge is -2.40. The van der Waals surface area contributed by atoms with Gasteiger partial charge in [0.05, 0.1) is 6.54 Å². The molecule has 0 aromatic heterocycles. The van der Waals surface area contributed by atoms with Crippen molar-refractivity contribution in [1.82, 2.24) is 10.2 Å². The summed E-state index contributed by atoms with van der Waals surface area (Å²) in [7, 11) is 1.93. The van der Waals surface area contributed by atoms with E-state index in [1.54, 1.807) is 6.26 Å². The molecular formula is C30H40N2O5S. The van der Waals surface area contributed by atoms with E-state index in [-0.39, 0.29) is 5.91 Å². The number of hydrogen-bond donors (Lipinski definition) is 4. The number of aryl methyl sites for hydroxylation is 2. The molecule has 3 rings (SSSR count). The predicted octanol–water partition coefficient (Wildman–Crippen LogP) is 2.43. The lowest BCUT2D eigenvalue weighted by atomic mass is 9.91. The standard InChI is InChI=1S/C30H40N2O5S/c1-5-16-32(3)17-15-31-25(33)8-6-7-21-10-12-22(13-11-21)18-24-19-23(14-9-20(24)2)29-27(35)26(34)28(36)30(37-29)38-4/h1,9-14,19,26-30,34-36H,6-8,15-18H2,2-4H3,(H,31,33)/t26-,27-,28+,29+,30-/m1/s1. The fraction of sp³-hybridized carbons (Fsp3) is 0.500. The van der Waals surface area contributed by atoms with Gasteiger partial charge in [-0.2, -0.15) is 0 Å². The van der Waals surface area contributed by atoms with Crippen LogP contribution in [0.1, 0.15) is 46.8 Å². The smallest absolute Gasteiger partial charge is 0.220 e. The van der Waals surface area contributed by atoms with E-state index in [9.17, 15) is 20.1 Å². The second-order valence-corrected chi connectivity index (χ2v) is 10.9. The molecule has 1 heterocycles. The van der Waals surface area contributed by atoms with Gasteiger partial charge in [0.15, 0.2) is 0 Å². The van der Waals surface area contributed by atoms with E-state index in [2.05, 4.69) is 35.5 Å². The first-order valence-electron chi connectivity index (χ1n) is 13.0. The summed E-state index contributed by atoms with van der Waals surface area (Å²) in [6.45, 7) is 3.95. The first-order valence-corrected chi connectivity index (χ1v) is 14.3. The Morgan fingerprint density at radius 1 is 1.11 bits per heavy atom. The number of carbonyl (C=O) groups is 1. The van der Waals surface area contributed by atoms with Crippen LogP contribution in [0.4, 0.5) is 0 Å². The summed E-state index contributed by atoms with van der Waals surface area (Å²) in [5.41, 5.74) is 4.75. The third kappa shape index (κ3) is 8.31. The van der Waals surface area contributed by atoms with Gasteiger partial charge in [-0.15, -0.1) is 18.2 Å². The van der Waals surface area contributed by atoms with Crippen molar-refractivity contribution < 1.29 is 24.9 Å². The van der Waals surface area contributed by atoms with Crippen molar-refractivity contribution in [2.45, 2.75) is 62.5 Å². The Labute approximate surface area is 230 Å². The molecule has 1 aliphatic rings. The van der Waals surface area contributed by atoms with Crippen molar-refractivity contribution >= 4 is 17.7 Å². The van der Waals surface area contributed by atoms with E-state index in [0.717, 1.165) is 48.1 Å². The number of thioether (sulfide) groups is 1. The van der Waals surface area contributed by atoms with Gasteiger partial charge in [-0.25, -0.2) is 0 Å². The average molecular weight is 541 g/mol. The van der Waals surface area contributed by atoms with Crippen molar-refractivity contribution in [1.29, 1.82) is 0 Å². The molecule has 1 aliphatic heterocycles. The van der Waals surface area contributed by atoms with E-state index in [0.29, 0.717) is 19.5 Å². The van der Waals surface area contributed by atoms with Crippen molar-refractivity contribution in [3.63, 3.8) is 0 Å². The largest absolute Gasteiger partial charge is 0.387 e. The van der Waals surface area contributed by atoms with E-state index >= 15 is 0 Å². The van der Waals surface area contributed by atoms with E-state index in [1.165, 1.54) is 17.3 Å². The number of hydrogen-bond acceptors (Lipinski definition) is 7. The molecule has 0 bridgehead atoms. The van der Waals surface area contributed by atoms with Gasteiger partial charge in [0.25, 0.3) is 0 Å². The Morgan fingerprint density at radius 2 is 1.82 bits per heavy atom. The highest BCUT2D eigenvalue weighted by molar-refractivity contribution is 7.99. The average Bonchev–Trinajstić information content (AvgIpc) is 2.90. The van der Waals surface area contributed by atoms with Gasteiger partial charge >= 0.3 is 0 Å². The number of aliphatic hydroxyl groups is 3. The molecular weight excluding hydrogens is 500 g/mol. The Morgan fingerprint density at radius 3 is 2.50 bits per heavy atom. The summed E-state index contributed by atoms with van der Waals surface area (Å²) in [6.07, 6.45) is 5.59. The van der Waals surface area contributed by atoms with Crippen molar-refractivity contribution in [2.75, 3.05) is 32.9 Å².